The maximum absolute atomic E-state index is 12.5. The lowest BCUT2D eigenvalue weighted by Gasteiger charge is -2.37. The molecule has 0 amide bonds. The molecule has 2 rings (SSSR count). The van der Waals surface area contributed by atoms with Gasteiger partial charge in [-0.15, -0.1) is 0 Å². The lowest BCUT2D eigenvalue weighted by molar-refractivity contribution is -0.148. The SMILES string of the molecule is COC(=O)C1=C(C(=O)OC)C(C(=O)OC)N2C=CC(C)=CC2=C1C(=O)OC. The van der Waals surface area contributed by atoms with E-state index in [1.54, 1.807) is 19.1 Å². The Balaban J connectivity index is 2.96. The van der Waals surface area contributed by atoms with Crippen molar-refractivity contribution in [3.8, 4) is 0 Å². The Morgan fingerprint density at radius 1 is 0.852 bits per heavy atom. The number of carbonyl (C=O) groups excluding carboxylic acids is 4. The number of esters is 4. The predicted octanol–water partition coefficient (Wildman–Crippen LogP) is 0.387. The molecule has 9 nitrogen and oxygen atoms in total. The van der Waals surface area contributed by atoms with Crippen LogP contribution >= 0.6 is 0 Å². The van der Waals surface area contributed by atoms with Crippen molar-refractivity contribution >= 4 is 23.9 Å². The summed E-state index contributed by atoms with van der Waals surface area (Å²) < 4.78 is 19.1. The number of fused-ring (bicyclic) bond motifs is 1. The Morgan fingerprint density at radius 3 is 1.93 bits per heavy atom. The number of nitrogens with zero attached hydrogens (tertiary/aromatic N) is 1. The topological polar surface area (TPSA) is 108 Å². The Morgan fingerprint density at radius 2 is 1.41 bits per heavy atom. The Hall–Kier alpha value is -3.36. The molecule has 2 heterocycles. The average Bonchev–Trinajstić information content (AvgIpc) is 2.69. The van der Waals surface area contributed by atoms with Crippen LogP contribution in [0.1, 0.15) is 6.92 Å². The van der Waals surface area contributed by atoms with E-state index in [0.29, 0.717) is 0 Å². The molecule has 0 aromatic heterocycles. The molecular weight excluding hydrogens is 358 g/mol. The van der Waals surface area contributed by atoms with E-state index in [1.807, 2.05) is 0 Å². The maximum atomic E-state index is 12.5. The third-order valence-electron chi connectivity index (χ3n) is 4.08. The first-order valence-corrected chi connectivity index (χ1v) is 7.78. The van der Waals surface area contributed by atoms with Gasteiger partial charge in [-0.25, -0.2) is 19.2 Å². The monoisotopic (exact) mass is 377 g/mol. The van der Waals surface area contributed by atoms with Crippen molar-refractivity contribution < 1.29 is 38.1 Å². The first-order chi connectivity index (χ1) is 12.8. The van der Waals surface area contributed by atoms with Gasteiger partial charge in [-0.3, -0.25) is 0 Å². The third kappa shape index (κ3) is 3.35. The van der Waals surface area contributed by atoms with Gasteiger partial charge in [-0.05, 0) is 24.6 Å². The Bertz CT molecular complexity index is 830. The average molecular weight is 377 g/mol. The van der Waals surface area contributed by atoms with Crippen LogP contribution in [-0.4, -0.2) is 63.3 Å². The van der Waals surface area contributed by atoms with Gasteiger partial charge >= 0.3 is 23.9 Å². The van der Waals surface area contributed by atoms with E-state index in [0.717, 1.165) is 34.0 Å². The van der Waals surface area contributed by atoms with E-state index in [-0.39, 0.29) is 16.8 Å². The van der Waals surface area contributed by atoms with Crippen LogP contribution in [0.25, 0.3) is 0 Å². The van der Waals surface area contributed by atoms with Crippen LogP contribution in [0, 0.1) is 0 Å². The summed E-state index contributed by atoms with van der Waals surface area (Å²) in [5, 5.41) is 0. The van der Waals surface area contributed by atoms with Crippen LogP contribution < -0.4 is 0 Å². The molecule has 0 aliphatic carbocycles. The van der Waals surface area contributed by atoms with Crippen LogP contribution in [0.4, 0.5) is 0 Å². The van der Waals surface area contributed by atoms with E-state index >= 15 is 0 Å². The minimum Gasteiger partial charge on any atom is -0.467 e. The number of hydrogen-bond donors (Lipinski definition) is 0. The normalized spacial score (nSPS) is 18.5. The second kappa shape index (κ2) is 7.90. The molecule has 1 unspecified atom stereocenters. The van der Waals surface area contributed by atoms with Crippen molar-refractivity contribution in [2.45, 2.75) is 13.0 Å². The van der Waals surface area contributed by atoms with E-state index in [1.165, 1.54) is 11.1 Å². The molecule has 0 radical (unpaired) electrons. The maximum Gasteiger partial charge on any atom is 0.340 e. The summed E-state index contributed by atoms with van der Waals surface area (Å²) in [7, 11) is 4.45. The fourth-order valence-electron chi connectivity index (χ4n) is 2.87. The summed E-state index contributed by atoms with van der Waals surface area (Å²) in [4.78, 5) is 51.3. The van der Waals surface area contributed by atoms with Gasteiger partial charge in [0.25, 0.3) is 0 Å². The second-order valence-corrected chi connectivity index (χ2v) is 5.56. The lowest BCUT2D eigenvalue weighted by atomic mass is 9.86. The highest BCUT2D eigenvalue weighted by molar-refractivity contribution is 6.15. The number of rotatable bonds is 4. The van der Waals surface area contributed by atoms with Gasteiger partial charge < -0.3 is 23.8 Å². The van der Waals surface area contributed by atoms with Crippen molar-refractivity contribution in [3.63, 3.8) is 0 Å². The van der Waals surface area contributed by atoms with Crippen LogP contribution in [0.15, 0.2) is 46.3 Å². The highest BCUT2D eigenvalue weighted by atomic mass is 16.5. The molecule has 144 valence electrons. The Labute approximate surface area is 155 Å². The van der Waals surface area contributed by atoms with Crippen LogP contribution in [-0.2, 0) is 38.1 Å². The standard InChI is InChI=1S/C18H19NO8/c1-9-6-7-19-10(8-9)11(15(20)24-2)12(16(21)25-3)13(17(22)26-4)14(19)18(23)27-5/h6-8,14H,1-5H3. The van der Waals surface area contributed by atoms with Crippen molar-refractivity contribution in [1.82, 2.24) is 4.90 Å². The summed E-state index contributed by atoms with van der Waals surface area (Å²) in [5.41, 5.74) is -0.0499. The molecule has 2 aliphatic rings. The molecule has 9 heteroatoms. The van der Waals surface area contributed by atoms with Crippen molar-refractivity contribution in [2.75, 3.05) is 28.4 Å². The molecule has 0 aromatic carbocycles. The molecule has 2 aliphatic heterocycles. The summed E-state index contributed by atoms with van der Waals surface area (Å²) in [5.74, 6) is -3.67. The van der Waals surface area contributed by atoms with Crippen molar-refractivity contribution in [3.05, 3.63) is 46.3 Å². The molecule has 0 fully saturated rings. The van der Waals surface area contributed by atoms with Gasteiger partial charge in [-0.1, -0.05) is 0 Å². The molecule has 0 aromatic rings. The first kappa shape index (κ1) is 20.0. The second-order valence-electron chi connectivity index (χ2n) is 5.56. The van der Waals surface area contributed by atoms with Crippen molar-refractivity contribution in [2.24, 2.45) is 0 Å². The van der Waals surface area contributed by atoms with E-state index in [4.69, 9.17) is 18.9 Å². The van der Waals surface area contributed by atoms with Gasteiger partial charge in [0.15, 0.2) is 6.04 Å². The van der Waals surface area contributed by atoms with Crippen molar-refractivity contribution in [1.29, 1.82) is 0 Å². The van der Waals surface area contributed by atoms with E-state index in [2.05, 4.69) is 0 Å². The number of carbonyl (C=O) groups is 4. The van der Waals surface area contributed by atoms with Gasteiger partial charge in [0.1, 0.15) is 0 Å². The quantitative estimate of drug-likeness (QED) is 0.507. The number of allylic oxidation sites excluding steroid dienone is 3. The zero-order valence-corrected chi connectivity index (χ0v) is 15.5. The summed E-state index contributed by atoms with van der Waals surface area (Å²) >= 11 is 0. The van der Waals surface area contributed by atoms with Gasteiger partial charge in [0.2, 0.25) is 0 Å². The predicted molar refractivity (Wildman–Crippen MR) is 90.6 cm³/mol. The largest absolute Gasteiger partial charge is 0.467 e. The molecule has 0 bridgehead atoms. The third-order valence-corrected chi connectivity index (χ3v) is 4.08. The fraction of sp³-hybridized carbons (Fsp3) is 0.333. The van der Waals surface area contributed by atoms with Gasteiger partial charge in [0.05, 0.1) is 50.9 Å². The smallest absolute Gasteiger partial charge is 0.340 e. The van der Waals surface area contributed by atoms with Gasteiger partial charge in [-0.2, -0.15) is 0 Å². The first-order valence-electron chi connectivity index (χ1n) is 7.78. The molecule has 0 spiro atoms. The number of hydrogen-bond acceptors (Lipinski definition) is 9. The number of methoxy groups -OCH3 is 4. The highest BCUT2D eigenvalue weighted by Gasteiger charge is 2.47. The van der Waals surface area contributed by atoms with Gasteiger partial charge in [0, 0.05) is 6.20 Å². The molecule has 27 heavy (non-hydrogen) atoms. The van der Waals surface area contributed by atoms with E-state index < -0.39 is 35.5 Å². The highest BCUT2D eigenvalue weighted by Crippen LogP contribution is 2.38. The van der Waals surface area contributed by atoms with Crippen LogP contribution in [0.3, 0.4) is 0 Å². The fourth-order valence-corrected chi connectivity index (χ4v) is 2.87. The molecule has 0 saturated heterocycles. The van der Waals surface area contributed by atoms with Crippen LogP contribution in [0.5, 0.6) is 0 Å². The Kier molecular flexibility index (Phi) is 5.84. The lowest BCUT2D eigenvalue weighted by Crippen LogP contribution is -2.47. The zero-order valence-electron chi connectivity index (χ0n) is 15.5. The summed E-state index contributed by atoms with van der Waals surface area (Å²) in [6.45, 7) is 1.76. The minimum atomic E-state index is -1.35. The minimum absolute atomic E-state index is 0.199. The molecular formula is C18H19NO8. The molecule has 0 N–H and O–H groups in total. The molecule has 1 atom stereocenters. The zero-order chi connectivity index (χ0) is 20.3. The van der Waals surface area contributed by atoms with E-state index in [9.17, 15) is 19.2 Å². The summed E-state index contributed by atoms with van der Waals surface area (Å²) in [6.07, 6.45) is 4.76. The summed E-state index contributed by atoms with van der Waals surface area (Å²) in [6, 6.07) is -1.35. The number of ether oxygens (including phenoxy) is 4. The molecule has 0 saturated carbocycles. The van der Waals surface area contributed by atoms with Crippen LogP contribution in [0.2, 0.25) is 0 Å².